The normalized spacial score (nSPS) is 20.5. The average Bonchev–Trinajstić information content (AvgIpc) is 3.07. The van der Waals surface area contributed by atoms with Gasteiger partial charge in [0.1, 0.15) is 12.4 Å². The van der Waals surface area contributed by atoms with Crippen LogP contribution < -0.4 is 14.8 Å². The van der Waals surface area contributed by atoms with Gasteiger partial charge in [-0.25, -0.2) is 4.68 Å². The molecule has 1 atom stereocenters. The molecule has 2 heterocycles. The van der Waals surface area contributed by atoms with Crippen LogP contribution in [0.3, 0.4) is 0 Å². The summed E-state index contributed by atoms with van der Waals surface area (Å²) in [6.07, 6.45) is 2.52. The van der Waals surface area contributed by atoms with Crippen LogP contribution >= 0.6 is 0 Å². The topological polar surface area (TPSA) is 78.3 Å². The molecule has 1 aliphatic heterocycles. The van der Waals surface area contributed by atoms with Crippen molar-refractivity contribution >= 4 is 11.7 Å². The largest absolute Gasteiger partial charge is 0.493 e. The third kappa shape index (κ3) is 3.10. The van der Waals surface area contributed by atoms with Gasteiger partial charge < -0.3 is 14.8 Å². The highest BCUT2D eigenvalue weighted by Crippen LogP contribution is 2.46. The molecule has 2 aromatic rings. The number of methoxy groups -OCH3 is 1. The smallest absolute Gasteiger partial charge is 0.387 e. The number of rotatable bonds is 4. The number of Topliss-reactive ketones (excluding diaryl/α,β-unsaturated/α-hetero) is 1. The van der Waals surface area contributed by atoms with E-state index >= 15 is 0 Å². The Morgan fingerprint density at radius 2 is 2.07 bits per heavy atom. The summed E-state index contributed by atoms with van der Waals surface area (Å²) in [6.45, 7) is 1.13. The van der Waals surface area contributed by atoms with Gasteiger partial charge in [-0.05, 0) is 29.5 Å². The second-order valence-electron chi connectivity index (χ2n) is 7.68. The molecule has 28 heavy (non-hydrogen) atoms. The van der Waals surface area contributed by atoms with E-state index in [1.807, 2.05) is 13.8 Å². The Bertz CT molecular complexity index is 968. The lowest BCUT2D eigenvalue weighted by Crippen LogP contribution is -2.36. The first-order valence-corrected chi connectivity index (χ1v) is 8.84. The van der Waals surface area contributed by atoms with E-state index in [1.165, 1.54) is 19.5 Å². The number of hydrogen-bond donors (Lipinski definition) is 1. The number of nitrogens with zero attached hydrogens (tertiary/aromatic N) is 3. The Hall–Kier alpha value is -2.97. The molecule has 0 fully saturated rings. The average molecular weight is 390 g/mol. The molecule has 1 N–H and O–H groups in total. The van der Waals surface area contributed by atoms with E-state index in [4.69, 9.17) is 4.74 Å². The van der Waals surface area contributed by atoms with Crippen LogP contribution in [0.4, 0.5) is 14.7 Å². The van der Waals surface area contributed by atoms with E-state index in [-0.39, 0.29) is 22.7 Å². The van der Waals surface area contributed by atoms with Crippen molar-refractivity contribution in [3.8, 4) is 11.5 Å². The lowest BCUT2D eigenvalue weighted by atomic mass is 9.73. The third-order valence-corrected chi connectivity index (χ3v) is 4.99. The van der Waals surface area contributed by atoms with Crippen molar-refractivity contribution in [1.29, 1.82) is 0 Å². The summed E-state index contributed by atoms with van der Waals surface area (Å²) in [5.74, 6) is 0.640. The lowest BCUT2D eigenvalue weighted by Gasteiger charge is -2.38. The minimum absolute atomic E-state index is 0.0248. The number of ether oxygens (including phenoxy) is 2. The van der Waals surface area contributed by atoms with Crippen LogP contribution in [0.15, 0.2) is 35.8 Å². The van der Waals surface area contributed by atoms with Crippen molar-refractivity contribution in [2.75, 3.05) is 12.4 Å². The first-order valence-electron chi connectivity index (χ1n) is 8.84. The summed E-state index contributed by atoms with van der Waals surface area (Å²) in [6, 6.07) is 4.12. The van der Waals surface area contributed by atoms with Gasteiger partial charge in [-0.2, -0.15) is 18.9 Å². The molecule has 0 saturated carbocycles. The monoisotopic (exact) mass is 390 g/mol. The van der Waals surface area contributed by atoms with Gasteiger partial charge in [-0.3, -0.25) is 4.79 Å². The second kappa shape index (κ2) is 6.57. The minimum Gasteiger partial charge on any atom is -0.493 e. The maximum Gasteiger partial charge on any atom is 0.387 e. The summed E-state index contributed by atoms with van der Waals surface area (Å²) in [5.41, 5.74) is 1.94. The lowest BCUT2D eigenvalue weighted by molar-refractivity contribution is -0.118. The summed E-state index contributed by atoms with van der Waals surface area (Å²) >= 11 is 0. The number of anilines is 1. The molecule has 0 bridgehead atoms. The number of allylic oxidation sites excluding steroid dienone is 2. The molecule has 1 aromatic heterocycles. The van der Waals surface area contributed by atoms with E-state index in [2.05, 4.69) is 20.1 Å². The highest BCUT2D eigenvalue weighted by atomic mass is 19.3. The molecule has 148 valence electrons. The van der Waals surface area contributed by atoms with Crippen molar-refractivity contribution in [3.05, 3.63) is 41.4 Å². The van der Waals surface area contributed by atoms with Crippen LogP contribution in [-0.4, -0.2) is 34.3 Å². The molecule has 4 rings (SSSR count). The van der Waals surface area contributed by atoms with Crippen molar-refractivity contribution in [2.45, 2.75) is 39.3 Å². The highest BCUT2D eigenvalue weighted by molar-refractivity contribution is 6.00. The molecule has 1 aromatic carbocycles. The van der Waals surface area contributed by atoms with E-state index in [1.54, 1.807) is 16.8 Å². The van der Waals surface area contributed by atoms with Gasteiger partial charge in [0.15, 0.2) is 17.3 Å². The predicted molar refractivity (Wildman–Crippen MR) is 96.5 cm³/mol. The molecule has 0 radical (unpaired) electrons. The number of benzene rings is 1. The third-order valence-electron chi connectivity index (χ3n) is 4.99. The maximum atomic E-state index is 13.0. The van der Waals surface area contributed by atoms with E-state index in [0.29, 0.717) is 29.9 Å². The maximum absolute atomic E-state index is 13.0. The van der Waals surface area contributed by atoms with Gasteiger partial charge >= 0.3 is 6.61 Å². The summed E-state index contributed by atoms with van der Waals surface area (Å²) in [5, 5.41) is 7.49. The molecule has 0 spiro atoms. The number of carbonyl (C=O) groups excluding carboxylic acids is 1. The number of hydrogen-bond acceptors (Lipinski definition) is 6. The Morgan fingerprint density at radius 3 is 2.79 bits per heavy atom. The standard InChI is InChI=1S/C19H20F2N4O3/c1-19(2)7-11-15(12(26)8-19)16(25-18(24-11)22-9-23-25)10-4-5-13(28-17(20)21)14(6-10)27-3/h4-6,9,16-17H,7-8H2,1-3H3,(H,22,23,24)/t16-/m0/s1. The first kappa shape index (κ1) is 18.4. The number of halogens is 2. The molecular weight excluding hydrogens is 370 g/mol. The highest BCUT2D eigenvalue weighted by Gasteiger charge is 2.41. The van der Waals surface area contributed by atoms with E-state index in [9.17, 15) is 13.6 Å². The second-order valence-corrected chi connectivity index (χ2v) is 7.68. The van der Waals surface area contributed by atoms with Gasteiger partial charge in [0, 0.05) is 17.7 Å². The molecule has 1 aliphatic carbocycles. The fourth-order valence-corrected chi connectivity index (χ4v) is 3.90. The van der Waals surface area contributed by atoms with Crippen LogP contribution in [0.2, 0.25) is 0 Å². The molecule has 7 nitrogen and oxygen atoms in total. The Morgan fingerprint density at radius 1 is 1.29 bits per heavy atom. The molecule has 0 saturated heterocycles. The molecule has 0 unspecified atom stereocenters. The molecule has 9 heteroatoms. The van der Waals surface area contributed by atoms with E-state index in [0.717, 1.165) is 5.70 Å². The van der Waals surface area contributed by atoms with Gasteiger partial charge in [0.2, 0.25) is 5.95 Å². The summed E-state index contributed by atoms with van der Waals surface area (Å²) < 4.78 is 36.6. The van der Waals surface area contributed by atoms with Crippen molar-refractivity contribution in [2.24, 2.45) is 5.41 Å². The van der Waals surface area contributed by atoms with Gasteiger partial charge in [0.05, 0.1) is 7.11 Å². The SMILES string of the molecule is COc1cc([C@H]2C3=C(CC(C)(C)CC3=O)Nc3ncnn32)ccc1OC(F)F. The number of nitrogens with one attached hydrogen (secondary N) is 1. The number of alkyl halides is 2. The van der Waals surface area contributed by atoms with Crippen LogP contribution in [0, 0.1) is 5.41 Å². The Balaban J connectivity index is 1.84. The zero-order chi connectivity index (χ0) is 20.1. The van der Waals surface area contributed by atoms with Crippen LogP contribution in [0.1, 0.15) is 38.3 Å². The fraction of sp³-hybridized carbons (Fsp3) is 0.421. The quantitative estimate of drug-likeness (QED) is 0.860. The molecule has 2 aliphatic rings. The number of fused-ring (bicyclic) bond motifs is 1. The molecule has 0 amide bonds. The number of carbonyl (C=O) groups is 1. The van der Waals surface area contributed by atoms with Gasteiger partial charge in [-0.15, -0.1) is 0 Å². The van der Waals surface area contributed by atoms with E-state index < -0.39 is 12.7 Å². The van der Waals surface area contributed by atoms with Crippen molar-refractivity contribution < 1.29 is 23.0 Å². The summed E-state index contributed by atoms with van der Waals surface area (Å²) in [7, 11) is 1.37. The van der Waals surface area contributed by atoms with Crippen molar-refractivity contribution in [3.63, 3.8) is 0 Å². The Labute approximate surface area is 160 Å². The van der Waals surface area contributed by atoms with Crippen LogP contribution in [-0.2, 0) is 4.79 Å². The Kier molecular flexibility index (Phi) is 4.32. The first-order chi connectivity index (χ1) is 13.3. The van der Waals surface area contributed by atoms with Gasteiger partial charge in [0.25, 0.3) is 0 Å². The zero-order valence-electron chi connectivity index (χ0n) is 15.7. The fourth-order valence-electron chi connectivity index (χ4n) is 3.90. The zero-order valence-corrected chi connectivity index (χ0v) is 15.7. The molecular formula is C19H20F2N4O3. The van der Waals surface area contributed by atoms with Crippen molar-refractivity contribution in [1.82, 2.24) is 14.8 Å². The summed E-state index contributed by atoms with van der Waals surface area (Å²) in [4.78, 5) is 17.2. The predicted octanol–water partition coefficient (Wildman–Crippen LogP) is 3.55. The van der Waals surface area contributed by atoms with Crippen LogP contribution in [0.5, 0.6) is 11.5 Å². The number of ketones is 1. The van der Waals surface area contributed by atoms with Gasteiger partial charge in [-0.1, -0.05) is 19.9 Å². The number of aromatic nitrogens is 3. The minimum atomic E-state index is -2.96. The van der Waals surface area contributed by atoms with Crippen LogP contribution in [0.25, 0.3) is 0 Å².